The first-order valence-corrected chi connectivity index (χ1v) is 7.00. The highest BCUT2D eigenvalue weighted by molar-refractivity contribution is 9.10. The summed E-state index contributed by atoms with van der Waals surface area (Å²) in [6.45, 7) is 1.45. The van der Waals surface area contributed by atoms with Crippen LogP contribution in [0.5, 0.6) is 0 Å². The van der Waals surface area contributed by atoms with Gasteiger partial charge in [0.05, 0.1) is 4.90 Å². The normalized spacial score (nSPS) is 16.8. The van der Waals surface area contributed by atoms with Crippen molar-refractivity contribution in [2.24, 2.45) is 0 Å². The van der Waals surface area contributed by atoms with E-state index in [4.69, 9.17) is 0 Å². The Morgan fingerprint density at radius 2 is 2.06 bits per heavy atom. The van der Waals surface area contributed by atoms with Gasteiger partial charge in [0, 0.05) is 21.9 Å². The first-order chi connectivity index (χ1) is 7.42. The predicted molar refractivity (Wildman–Crippen MR) is 64.6 cm³/mol. The highest BCUT2D eigenvalue weighted by atomic mass is 79.9. The quantitative estimate of drug-likeness (QED) is 0.843. The largest absolute Gasteiger partial charge is 0.300 e. The van der Waals surface area contributed by atoms with Gasteiger partial charge in [0.15, 0.2) is 0 Å². The summed E-state index contributed by atoms with van der Waals surface area (Å²) in [5.41, 5.74) is 1.19. The minimum absolute atomic E-state index is 0.0509. The number of ketones is 1. The Balaban J connectivity index is 2.67. The van der Waals surface area contributed by atoms with E-state index in [9.17, 15) is 13.2 Å². The molecule has 1 aliphatic rings. The Morgan fingerprint density at radius 1 is 1.38 bits per heavy atom. The van der Waals surface area contributed by atoms with Crippen molar-refractivity contribution in [2.45, 2.75) is 18.2 Å². The topological polar surface area (TPSA) is 51.2 Å². The van der Waals surface area contributed by atoms with Gasteiger partial charge in [-0.3, -0.25) is 4.79 Å². The van der Waals surface area contributed by atoms with E-state index in [0.717, 1.165) is 0 Å². The second-order valence-corrected chi connectivity index (χ2v) is 6.30. The number of hydrogen-bond acceptors (Lipinski definition) is 3. The summed E-state index contributed by atoms with van der Waals surface area (Å²) in [7, 11) is -3.37. The van der Waals surface area contributed by atoms with Crippen molar-refractivity contribution in [2.75, 3.05) is 0 Å². The number of sulfone groups is 1. The molecule has 1 aliphatic heterocycles. The average Bonchev–Trinajstić information content (AvgIpc) is 2.38. The van der Waals surface area contributed by atoms with Crippen molar-refractivity contribution in [1.29, 1.82) is 0 Å². The number of benzene rings is 1. The van der Waals surface area contributed by atoms with Gasteiger partial charge in [0.2, 0.25) is 9.84 Å². The van der Waals surface area contributed by atoms with E-state index in [-0.39, 0.29) is 17.1 Å². The maximum Gasteiger partial charge on any atom is 0.200 e. The van der Waals surface area contributed by atoms with Crippen molar-refractivity contribution < 1.29 is 13.2 Å². The number of Topliss-reactive ketones (excluding diaryl/α,β-unsaturated/α-hetero) is 1. The fourth-order valence-electron chi connectivity index (χ4n) is 1.76. The summed E-state index contributed by atoms with van der Waals surface area (Å²) < 4.78 is 24.3. The van der Waals surface area contributed by atoms with Gasteiger partial charge in [-0.05, 0) is 24.6 Å². The summed E-state index contributed by atoms with van der Waals surface area (Å²) in [6, 6.07) is 5.00. The molecule has 0 aliphatic carbocycles. The molecular formula is C11H9BrO3S. The lowest BCUT2D eigenvalue weighted by Gasteiger charge is -2.04. The van der Waals surface area contributed by atoms with Gasteiger partial charge < -0.3 is 0 Å². The molecule has 0 radical (unpaired) electrons. The van der Waals surface area contributed by atoms with Crippen molar-refractivity contribution in [3.63, 3.8) is 0 Å². The molecule has 16 heavy (non-hydrogen) atoms. The van der Waals surface area contributed by atoms with E-state index in [0.29, 0.717) is 15.6 Å². The van der Waals surface area contributed by atoms with Gasteiger partial charge in [-0.25, -0.2) is 8.42 Å². The molecular weight excluding hydrogens is 292 g/mol. The molecule has 1 aromatic carbocycles. The minimum Gasteiger partial charge on any atom is -0.300 e. The molecule has 0 N–H and O–H groups in total. The Bertz CT molecular complexity index is 600. The molecule has 84 valence electrons. The lowest BCUT2D eigenvalue weighted by atomic mass is 10.0. The zero-order valence-electron chi connectivity index (χ0n) is 8.53. The zero-order chi connectivity index (χ0) is 11.9. The smallest absolute Gasteiger partial charge is 0.200 e. The summed E-state index contributed by atoms with van der Waals surface area (Å²) in [5, 5.41) is 1.18. The second-order valence-electron chi connectivity index (χ2n) is 3.68. The summed E-state index contributed by atoms with van der Waals surface area (Å²) >= 11 is 3.31. The van der Waals surface area contributed by atoms with Crippen LogP contribution in [0, 0.1) is 0 Å². The average molecular weight is 301 g/mol. The number of halogens is 1. The van der Waals surface area contributed by atoms with Crippen LogP contribution in [0.25, 0.3) is 5.57 Å². The number of fused-ring (bicyclic) bond motifs is 1. The van der Waals surface area contributed by atoms with Crippen LogP contribution < -0.4 is 0 Å². The maximum absolute atomic E-state index is 11.8. The van der Waals surface area contributed by atoms with Gasteiger partial charge in [0.1, 0.15) is 5.78 Å². The van der Waals surface area contributed by atoms with Gasteiger partial charge in [-0.2, -0.15) is 0 Å². The summed E-state index contributed by atoms with van der Waals surface area (Å²) in [5.74, 6) is -0.0509. The van der Waals surface area contributed by atoms with Crippen LogP contribution in [-0.2, 0) is 14.6 Å². The third kappa shape index (κ3) is 1.85. The van der Waals surface area contributed by atoms with E-state index in [1.807, 2.05) is 0 Å². The van der Waals surface area contributed by atoms with Crippen LogP contribution in [0.1, 0.15) is 18.9 Å². The lowest BCUT2D eigenvalue weighted by Crippen LogP contribution is -1.94. The van der Waals surface area contributed by atoms with Gasteiger partial charge in [-0.15, -0.1) is 0 Å². The molecule has 0 bridgehead atoms. The van der Waals surface area contributed by atoms with Crippen LogP contribution in [0.2, 0.25) is 0 Å². The third-order valence-corrected chi connectivity index (χ3v) is 4.55. The van der Waals surface area contributed by atoms with Gasteiger partial charge in [-0.1, -0.05) is 22.0 Å². The van der Waals surface area contributed by atoms with E-state index in [1.165, 1.54) is 12.3 Å². The number of allylic oxidation sites excluding steroid dienone is 1. The van der Waals surface area contributed by atoms with Crippen molar-refractivity contribution in [1.82, 2.24) is 0 Å². The molecule has 1 aromatic rings. The molecule has 0 amide bonds. The zero-order valence-corrected chi connectivity index (χ0v) is 10.9. The maximum atomic E-state index is 11.8. The molecule has 5 heteroatoms. The fraction of sp³-hybridized carbons (Fsp3) is 0.182. The van der Waals surface area contributed by atoms with Crippen molar-refractivity contribution in [3.8, 4) is 0 Å². The standard InChI is InChI=1S/C11H9BrO3S/c1-7(13)5-8-6-16(14,15)10-4-2-3-9(12)11(8)10/h2-4,6H,5H2,1H3. The summed E-state index contributed by atoms with van der Waals surface area (Å²) in [4.78, 5) is 11.4. The minimum atomic E-state index is -3.37. The number of carbonyl (C=O) groups excluding carboxylic acids is 1. The van der Waals surface area contributed by atoms with E-state index in [1.54, 1.807) is 18.2 Å². The molecule has 1 heterocycles. The van der Waals surface area contributed by atoms with Gasteiger partial charge in [0.25, 0.3) is 0 Å². The monoisotopic (exact) mass is 300 g/mol. The van der Waals surface area contributed by atoms with Crippen LogP contribution in [-0.4, -0.2) is 14.2 Å². The Kier molecular flexibility index (Phi) is 2.75. The fourth-order valence-corrected chi connectivity index (χ4v) is 4.01. The second kappa shape index (κ2) is 3.82. The van der Waals surface area contributed by atoms with Gasteiger partial charge >= 0.3 is 0 Å². The molecule has 3 nitrogen and oxygen atoms in total. The lowest BCUT2D eigenvalue weighted by molar-refractivity contribution is -0.116. The van der Waals surface area contributed by atoms with Crippen LogP contribution >= 0.6 is 15.9 Å². The SMILES string of the molecule is CC(=O)CC1=CS(=O)(=O)c2cccc(Br)c21. The molecule has 0 atom stereocenters. The highest BCUT2D eigenvalue weighted by Crippen LogP contribution is 2.39. The first-order valence-electron chi connectivity index (χ1n) is 4.66. The Labute approximate surface area is 102 Å². The van der Waals surface area contributed by atoms with E-state index < -0.39 is 9.84 Å². The number of hydrogen-bond donors (Lipinski definition) is 0. The van der Waals surface area contributed by atoms with Crippen LogP contribution in [0.4, 0.5) is 0 Å². The van der Waals surface area contributed by atoms with Crippen molar-refractivity contribution in [3.05, 3.63) is 33.6 Å². The Hall–Kier alpha value is -0.940. The van der Waals surface area contributed by atoms with Crippen molar-refractivity contribution >= 4 is 37.1 Å². The molecule has 2 rings (SSSR count). The number of rotatable bonds is 2. The van der Waals surface area contributed by atoms with E-state index >= 15 is 0 Å². The molecule has 0 fully saturated rings. The summed E-state index contributed by atoms with van der Waals surface area (Å²) in [6.07, 6.45) is 0.148. The van der Waals surface area contributed by atoms with Crippen LogP contribution in [0.15, 0.2) is 33.0 Å². The Morgan fingerprint density at radius 3 is 2.69 bits per heavy atom. The van der Waals surface area contributed by atoms with Crippen LogP contribution in [0.3, 0.4) is 0 Å². The first kappa shape index (κ1) is 11.5. The molecule has 0 saturated carbocycles. The molecule has 0 spiro atoms. The molecule has 0 aromatic heterocycles. The number of carbonyl (C=O) groups is 1. The highest BCUT2D eigenvalue weighted by Gasteiger charge is 2.28. The molecule has 0 saturated heterocycles. The third-order valence-electron chi connectivity index (χ3n) is 2.34. The molecule has 0 unspecified atom stereocenters. The van der Waals surface area contributed by atoms with E-state index in [2.05, 4.69) is 15.9 Å². The predicted octanol–water partition coefficient (Wildman–Crippen LogP) is 2.56.